The average molecular weight is 377 g/mol. The Morgan fingerprint density at radius 3 is 2.48 bits per heavy atom. The van der Waals surface area contributed by atoms with Gasteiger partial charge in [-0.15, -0.1) is 0 Å². The summed E-state index contributed by atoms with van der Waals surface area (Å²) in [6.07, 6.45) is 0. The first-order valence-corrected chi connectivity index (χ1v) is 8.96. The Kier molecular flexibility index (Phi) is 8.23. The molecule has 0 saturated carbocycles. The van der Waals surface area contributed by atoms with Crippen LogP contribution in [0.15, 0.2) is 48.5 Å². The topological polar surface area (TPSA) is 95.9 Å². The second kappa shape index (κ2) is 9.45. The van der Waals surface area contributed by atoms with E-state index in [1.165, 1.54) is 12.1 Å². The minimum absolute atomic E-state index is 0. The minimum Gasteiger partial charge on any atom is -0.776 e. The monoisotopic (exact) mass is 376 g/mol. The first-order valence-electron chi connectivity index (χ1n) is 6.94. The van der Waals surface area contributed by atoms with Gasteiger partial charge < -0.3 is 23.8 Å². The summed E-state index contributed by atoms with van der Waals surface area (Å²) in [6, 6.07) is 12.5. The summed E-state index contributed by atoms with van der Waals surface area (Å²) in [5, 5.41) is 0.527. The largest absolute Gasteiger partial charge is 1.00 e. The minimum atomic E-state index is -4.93. The van der Waals surface area contributed by atoms with E-state index < -0.39 is 26.0 Å². The average Bonchev–Trinajstić information content (AvgIpc) is 2.51. The van der Waals surface area contributed by atoms with E-state index in [-0.39, 0.29) is 24.4 Å². The fourth-order valence-corrected chi connectivity index (χ4v) is 3.04. The van der Waals surface area contributed by atoms with Crippen LogP contribution in [0.4, 0.5) is 0 Å². The molecule has 2 rings (SSSR count). The van der Waals surface area contributed by atoms with Gasteiger partial charge in [0, 0.05) is 10.6 Å². The number of carbonyl (C=O) groups is 1. The summed E-state index contributed by atoms with van der Waals surface area (Å²) in [5.74, 6) is -2.29. The van der Waals surface area contributed by atoms with E-state index >= 15 is 0 Å². The van der Waals surface area contributed by atoms with Crippen molar-refractivity contribution in [3.63, 3.8) is 0 Å². The van der Waals surface area contributed by atoms with Crippen LogP contribution in [0.25, 0.3) is 0 Å². The van der Waals surface area contributed by atoms with Gasteiger partial charge in [0.25, 0.3) is 0 Å². The number of benzene rings is 2. The van der Waals surface area contributed by atoms with E-state index in [9.17, 15) is 19.1 Å². The summed E-state index contributed by atoms with van der Waals surface area (Å²) >= 11 is 5.83. The van der Waals surface area contributed by atoms with Crippen LogP contribution in [0.1, 0.15) is 17.0 Å². The van der Waals surface area contributed by atoms with Crippen LogP contribution in [0.5, 0.6) is 5.75 Å². The van der Waals surface area contributed by atoms with Gasteiger partial charge in [0.2, 0.25) is 0 Å². The van der Waals surface area contributed by atoms with Crippen molar-refractivity contribution in [1.29, 1.82) is 0 Å². The third-order valence-electron chi connectivity index (χ3n) is 3.11. The molecule has 0 aliphatic heterocycles. The Morgan fingerprint density at radius 1 is 1.28 bits per heavy atom. The normalized spacial score (nSPS) is 13.9. The number of rotatable bonds is 6. The maximum Gasteiger partial charge on any atom is 1.00 e. The quantitative estimate of drug-likeness (QED) is 0.427. The second-order valence-corrected chi connectivity index (χ2v) is 7.05. The fraction of sp³-hybridized carbons (Fsp3) is 0.188. The third kappa shape index (κ3) is 6.52. The van der Waals surface area contributed by atoms with E-state index in [1.807, 2.05) is 0 Å². The molecule has 2 unspecified atom stereocenters. The van der Waals surface area contributed by atoms with Crippen molar-refractivity contribution < 1.29 is 47.5 Å². The number of hydrogen-bond acceptors (Lipinski definition) is 5. The van der Waals surface area contributed by atoms with Gasteiger partial charge in [0.1, 0.15) is 5.75 Å². The SMILES string of the molecule is Cc1cc(Cl)ccc1OCC(=O)OC(c1ccccc1)P(=O)([O-])O.[Li+]. The molecule has 0 amide bonds. The van der Waals surface area contributed by atoms with E-state index in [4.69, 9.17) is 21.1 Å². The molecule has 9 heteroatoms. The first-order chi connectivity index (χ1) is 11.3. The van der Waals surface area contributed by atoms with Crippen LogP contribution in [0.2, 0.25) is 5.02 Å². The van der Waals surface area contributed by atoms with Crippen molar-refractivity contribution >= 4 is 25.2 Å². The fourth-order valence-electron chi connectivity index (χ4n) is 2.01. The molecule has 0 aliphatic rings. The van der Waals surface area contributed by atoms with Crippen molar-refractivity contribution in [1.82, 2.24) is 0 Å². The van der Waals surface area contributed by atoms with Gasteiger partial charge in [-0.05, 0) is 30.7 Å². The molecule has 0 heterocycles. The van der Waals surface area contributed by atoms with Gasteiger partial charge in [-0.3, -0.25) is 0 Å². The third-order valence-corrected chi connectivity index (χ3v) is 4.34. The molecule has 1 N–H and O–H groups in total. The molecule has 0 saturated heterocycles. The predicted molar refractivity (Wildman–Crippen MR) is 86.8 cm³/mol. The molecular weight excluding hydrogens is 362 g/mol. The van der Waals surface area contributed by atoms with E-state index in [0.29, 0.717) is 16.3 Å². The van der Waals surface area contributed by atoms with Gasteiger partial charge in [-0.25, -0.2) is 4.79 Å². The van der Waals surface area contributed by atoms with Crippen LogP contribution in [-0.2, 0) is 14.1 Å². The van der Waals surface area contributed by atoms with Gasteiger partial charge in [-0.1, -0.05) is 41.9 Å². The zero-order valence-electron chi connectivity index (χ0n) is 13.7. The second-order valence-electron chi connectivity index (χ2n) is 5.02. The first kappa shape index (κ1) is 21.8. The molecule has 2 aromatic rings. The molecule has 0 radical (unpaired) electrons. The number of hydrogen-bond donors (Lipinski definition) is 1. The standard InChI is InChI=1S/C16H16ClO6P.Li/c1-11-9-13(17)7-8-14(11)22-10-15(18)23-16(24(19,20)21)12-5-3-2-4-6-12;/h2-9,16H,10H2,1H3,(H2,19,20,21);/q;+1/p-1. The molecular formula is C16H15ClLiO6P. The van der Waals surface area contributed by atoms with Crippen molar-refractivity contribution in [2.75, 3.05) is 6.61 Å². The van der Waals surface area contributed by atoms with Crippen LogP contribution in [0.3, 0.4) is 0 Å². The summed E-state index contributed by atoms with van der Waals surface area (Å²) < 4.78 is 21.7. The Balaban J connectivity index is 0.00000312. The number of esters is 1. The van der Waals surface area contributed by atoms with Crippen molar-refractivity contribution in [3.05, 3.63) is 64.7 Å². The maximum atomic E-state index is 11.9. The molecule has 6 nitrogen and oxygen atoms in total. The summed E-state index contributed by atoms with van der Waals surface area (Å²) in [6.45, 7) is 1.24. The zero-order valence-corrected chi connectivity index (χ0v) is 15.4. The van der Waals surface area contributed by atoms with Crippen molar-refractivity contribution in [2.45, 2.75) is 12.8 Å². The van der Waals surface area contributed by atoms with Crippen LogP contribution in [-0.4, -0.2) is 17.5 Å². The van der Waals surface area contributed by atoms with E-state index in [2.05, 4.69) is 0 Å². The molecule has 25 heavy (non-hydrogen) atoms. The smallest absolute Gasteiger partial charge is 0.776 e. The molecule has 0 bridgehead atoms. The van der Waals surface area contributed by atoms with Gasteiger partial charge in [-0.2, -0.15) is 0 Å². The molecule has 0 aliphatic carbocycles. The summed E-state index contributed by atoms with van der Waals surface area (Å²) in [4.78, 5) is 32.7. The van der Waals surface area contributed by atoms with Gasteiger partial charge >= 0.3 is 24.8 Å². The summed E-state index contributed by atoms with van der Waals surface area (Å²) in [7, 11) is -4.93. The number of halogens is 1. The predicted octanol–water partition coefficient (Wildman–Crippen LogP) is -0.181. The maximum absolute atomic E-state index is 11.9. The number of aryl methyl sites for hydroxylation is 1. The number of ether oxygens (including phenoxy) is 2. The Hall–Kier alpha value is -1.25. The Bertz CT molecular complexity index is 764. The van der Waals surface area contributed by atoms with Crippen LogP contribution >= 0.6 is 19.2 Å². The van der Waals surface area contributed by atoms with Crippen LogP contribution < -0.4 is 28.5 Å². The molecule has 2 aromatic carbocycles. The molecule has 0 spiro atoms. The van der Waals surface area contributed by atoms with Gasteiger partial charge in [0.15, 0.2) is 20.0 Å². The Labute approximate surface area is 162 Å². The number of carbonyl (C=O) groups excluding carboxylic acids is 1. The van der Waals surface area contributed by atoms with E-state index in [1.54, 1.807) is 43.3 Å². The molecule has 0 aromatic heterocycles. The van der Waals surface area contributed by atoms with Crippen LogP contribution in [0, 0.1) is 6.92 Å². The van der Waals surface area contributed by atoms with E-state index in [0.717, 1.165) is 0 Å². The molecule has 0 fully saturated rings. The molecule has 128 valence electrons. The summed E-state index contributed by atoms with van der Waals surface area (Å²) in [5.41, 5.74) is 0.862. The van der Waals surface area contributed by atoms with Gasteiger partial charge in [0.05, 0.1) is 0 Å². The van der Waals surface area contributed by atoms with Crippen molar-refractivity contribution in [3.8, 4) is 5.75 Å². The Morgan fingerprint density at radius 2 is 1.92 bits per heavy atom. The zero-order chi connectivity index (χ0) is 17.7. The van der Waals surface area contributed by atoms with Crippen molar-refractivity contribution in [2.24, 2.45) is 0 Å². The molecule has 2 atom stereocenters.